The summed E-state index contributed by atoms with van der Waals surface area (Å²) in [5.41, 5.74) is 1.35. The molecule has 0 aromatic heterocycles. The van der Waals surface area contributed by atoms with E-state index in [0.717, 1.165) is 54.5 Å². The molecule has 0 amide bonds. The van der Waals surface area contributed by atoms with Gasteiger partial charge in [0.05, 0.1) is 40.5 Å². The van der Waals surface area contributed by atoms with Crippen LogP contribution in [0, 0.1) is 0 Å². The number of nitrogens with zero attached hydrogens (tertiary/aromatic N) is 1. The largest absolute Gasteiger partial charge is 0.756 e. The highest BCUT2D eigenvalue weighted by Gasteiger charge is 2.39. The predicted octanol–water partition coefficient (Wildman–Crippen LogP) is 10.9. The van der Waals surface area contributed by atoms with Crippen LogP contribution in [0.3, 0.4) is 0 Å². The summed E-state index contributed by atoms with van der Waals surface area (Å²) in [6.07, 6.45) is 18.9. The number of carbonyl (C=O) groups is 1. The van der Waals surface area contributed by atoms with Crippen molar-refractivity contribution in [1.29, 1.82) is 0 Å². The molecule has 1 unspecified atom stereocenters. The molecule has 0 saturated heterocycles. The minimum absolute atomic E-state index is 0.00541. The van der Waals surface area contributed by atoms with E-state index in [4.69, 9.17) is 23.3 Å². The van der Waals surface area contributed by atoms with Crippen molar-refractivity contribution in [2.45, 2.75) is 128 Å². The molecule has 0 fully saturated rings. The molecule has 0 radical (unpaired) electrons. The van der Waals surface area contributed by atoms with Gasteiger partial charge in [0.25, 0.3) is 7.82 Å². The third-order valence-electron chi connectivity index (χ3n) is 9.85. The number of hydrogen-bond acceptors (Lipinski definition) is 8. The molecule has 3 aromatic carbocycles. The van der Waals surface area contributed by atoms with Crippen LogP contribution in [-0.4, -0.2) is 70.2 Å². The lowest BCUT2D eigenvalue weighted by atomic mass is 9.80. The van der Waals surface area contributed by atoms with Crippen LogP contribution in [0.25, 0.3) is 0 Å². The van der Waals surface area contributed by atoms with Gasteiger partial charge in [0, 0.05) is 6.42 Å². The number of allylic oxidation sites excluding steroid dienone is 2. The lowest BCUT2D eigenvalue weighted by Crippen LogP contribution is -2.39. The van der Waals surface area contributed by atoms with Gasteiger partial charge in [-0.1, -0.05) is 143 Å². The minimum atomic E-state index is -4.71. The normalized spacial score (nSPS) is 13.8. The summed E-state index contributed by atoms with van der Waals surface area (Å²) in [6.45, 7) is 6.01. The summed E-state index contributed by atoms with van der Waals surface area (Å²) < 4.78 is 42.8. The van der Waals surface area contributed by atoms with Crippen molar-refractivity contribution in [2.24, 2.45) is 0 Å². The number of benzene rings is 3. The molecule has 3 aromatic rings. The number of likely N-dealkylation sites (N-methyl/N-ethyl adjacent to an activating group) is 1. The standard InChI is InChI=1S/C48H72NO8P/c1-7-8-9-10-11-12-13-14-15-16-17-18-19-20-27-32-47(50)57-46(40-55-58(51,52)54-38-37-49(4,5)6)39-53-48(42-28-23-21-24-29-42,43-30-25-22-26-31-43)44-33-35-45(36-34-44)56-41(2)3/h14-15,21-26,28-31,33-36,41,46H,7-13,16-20,27,32,37-40H2,1-6H3/b15-14-/t46-/m1/s1. The molecule has 3 rings (SSSR count). The molecule has 322 valence electrons. The highest BCUT2D eigenvalue weighted by atomic mass is 31.2. The maximum Gasteiger partial charge on any atom is 0.306 e. The van der Waals surface area contributed by atoms with Crippen molar-refractivity contribution in [3.8, 4) is 5.75 Å². The molecule has 9 nitrogen and oxygen atoms in total. The second-order valence-corrected chi connectivity index (χ2v) is 17.9. The molecule has 2 atom stereocenters. The average molecular weight is 822 g/mol. The molecule has 0 aliphatic heterocycles. The number of phosphoric acid groups is 1. The van der Waals surface area contributed by atoms with Crippen molar-refractivity contribution in [2.75, 3.05) is 47.5 Å². The molecule has 0 bridgehead atoms. The van der Waals surface area contributed by atoms with Crippen molar-refractivity contribution < 1.29 is 42.0 Å². The predicted molar refractivity (Wildman–Crippen MR) is 233 cm³/mol. The van der Waals surface area contributed by atoms with Crippen LogP contribution in [0.4, 0.5) is 0 Å². The Bertz CT molecular complexity index is 1570. The quantitative estimate of drug-likeness (QED) is 0.0158. The van der Waals surface area contributed by atoms with Gasteiger partial charge >= 0.3 is 5.97 Å². The Kier molecular flexibility index (Phi) is 22.6. The molecular formula is C48H72NO8P. The zero-order valence-corrected chi connectivity index (χ0v) is 37.2. The molecule has 0 N–H and O–H groups in total. The fraction of sp³-hybridized carbons (Fsp3) is 0.562. The summed E-state index contributed by atoms with van der Waals surface area (Å²) in [4.78, 5) is 26.2. The van der Waals surface area contributed by atoms with Gasteiger partial charge in [-0.25, -0.2) is 0 Å². The van der Waals surface area contributed by atoms with Gasteiger partial charge < -0.3 is 32.6 Å². The summed E-state index contributed by atoms with van der Waals surface area (Å²) in [5, 5.41) is 0. The van der Waals surface area contributed by atoms with Crippen LogP contribution in [0.1, 0.15) is 127 Å². The van der Waals surface area contributed by atoms with Gasteiger partial charge in [0.2, 0.25) is 0 Å². The Morgan fingerprint density at radius 1 is 0.707 bits per heavy atom. The van der Waals surface area contributed by atoms with Crippen LogP contribution < -0.4 is 9.63 Å². The summed E-state index contributed by atoms with van der Waals surface area (Å²) in [7, 11) is 1.12. The smallest absolute Gasteiger partial charge is 0.306 e. The molecule has 0 aliphatic rings. The van der Waals surface area contributed by atoms with Gasteiger partial charge in [-0.2, -0.15) is 0 Å². The average Bonchev–Trinajstić information content (AvgIpc) is 3.19. The van der Waals surface area contributed by atoms with E-state index in [-0.39, 0.29) is 25.7 Å². The van der Waals surface area contributed by atoms with Crippen LogP contribution in [0.15, 0.2) is 97.1 Å². The second-order valence-electron chi connectivity index (χ2n) is 16.5. The minimum Gasteiger partial charge on any atom is -0.756 e. The van der Waals surface area contributed by atoms with Crippen LogP contribution in [0.5, 0.6) is 5.75 Å². The zero-order valence-electron chi connectivity index (χ0n) is 36.3. The molecular weight excluding hydrogens is 750 g/mol. The first-order valence-corrected chi connectivity index (χ1v) is 23.1. The van der Waals surface area contributed by atoms with Gasteiger partial charge in [-0.15, -0.1) is 0 Å². The first-order chi connectivity index (χ1) is 27.8. The van der Waals surface area contributed by atoms with Crippen molar-refractivity contribution in [1.82, 2.24) is 0 Å². The highest BCUT2D eigenvalue weighted by molar-refractivity contribution is 7.45. The van der Waals surface area contributed by atoms with E-state index >= 15 is 0 Å². The number of ether oxygens (including phenoxy) is 3. The van der Waals surface area contributed by atoms with Crippen LogP contribution in [-0.2, 0) is 33.5 Å². The SMILES string of the molecule is CCCCCCCC/C=C\CCCCCCCC(=O)O[C@H](COC(c1ccccc1)(c1ccccc1)c1ccc(OC(C)C)cc1)COP(=O)([O-])OCC[N+](C)(C)C. The number of esters is 1. The summed E-state index contributed by atoms with van der Waals surface area (Å²) >= 11 is 0. The van der Waals surface area contributed by atoms with Crippen molar-refractivity contribution in [3.05, 3.63) is 114 Å². The molecule has 0 aliphatic carbocycles. The lowest BCUT2D eigenvalue weighted by molar-refractivity contribution is -0.870. The number of rotatable bonds is 31. The summed E-state index contributed by atoms with van der Waals surface area (Å²) in [5.74, 6) is 0.294. The zero-order chi connectivity index (χ0) is 42.1. The third kappa shape index (κ3) is 19.2. The topological polar surface area (TPSA) is 103 Å². The Labute approximate surface area is 350 Å². The fourth-order valence-electron chi connectivity index (χ4n) is 6.69. The lowest BCUT2D eigenvalue weighted by Gasteiger charge is -2.37. The van der Waals surface area contributed by atoms with E-state index in [9.17, 15) is 14.3 Å². The Morgan fingerprint density at radius 3 is 1.76 bits per heavy atom. The van der Waals surface area contributed by atoms with Crippen molar-refractivity contribution in [3.63, 3.8) is 0 Å². The Balaban J connectivity index is 1.70. The maximum atomic E-state index is 13.3. The molecule has 58 heavy (non-hydrogen) atoms. The van der Waals surface area contributed by atoms with Crippen LogP contribution in [0.2, 0.25) is 0 Å². The van der Waals surface area contributed by atoms with Gasteiger partial charge in [0.15, 0.2) is 0 Å². The van der Waals surface area contributed by atoms with Crippen LogP contribution >= 0.6 is 7.82 Å². The van der Waals surface area contributed by atoms with E-state index < -0.39 is 32.1 Å². The number of unbranched alkanes of at least 4 members (excludes halogenated alkanes) is 11. The first kappa shape index (κ1) is 49.1. The Hall–Kier alpha value is -3.30. The van der Waals surface area contributed by atoms with E-state index in [1.807, 2.05) is 120 Å². The van der Waals surface area contributed by atoms with E-state index in [1.165, 1.54) is 44.9 Å². The van der Waals surface area contributed by atoms with E-state index in [2.05, 4.69) is 19.1 Å². The molecule has 0 saturated carbocycles. The highest BCUT2D eigenvalue weighted by Crippen LogP contribution is 2.42. The van der Waals surface area contributed by atoms with Crippen molar-refractivity contribution >= 4 is 13.8 Å². The Morgan fingerprint density at radius 2 is 1.22 bits per heavy atom. The number of phosphoric ester groups is 1. The fourth-order valence-corrected chi connectivity index (χ4v) is 7.42. The van der Waals surface area contributed by atoms with Gasteiger partial charge in [-0.3, -0.25) is 9.36 Å². The van der Waals surface area contributed by atoms with E-state index in [1.54, 1.807) is 0 Å². The maximum absolute atomic E-state index is 13.3. The number of hydrogen-bond donors (Lipinski definition) is 0. The summed E-state index contributed by atoms with van der Waals surface area (Å²) in [6, 6.07) is 27.4. The number of quaternary nitrogens is 1. The third-order valence-corrected chi connectivity index (χ3v) is 10.8. The van der Waals surface area contributed by atoms with Gasteiger partial charge in [0.1, 0.15) is 30.6 Å². The molecule has 0 heterocycles. The molecule has 0 spiro atoms. The molecule has 10 heteroatoms. The first-order valence-electron chi connectivity index (χ1n) is 21.6. The van der Waals surface area contributed by atoms with E-state index in [0.29, 0.717) is 17.4 Å². The second kappa shape index (κ2) is 26.7. The van der Waals surface area contributed by atoms with Gasteiger partial charge in [-0.05, 0) is 74.8 Å². The monoisotopic (exact) mass is 821 g/mol. The number of carbonyl (C=O) groups excluding carboxylic acids is 1.